The van der Waals surface area contributed by atoms with Gasteiger partial charge in [0.15, 0.2) is 0 Å². The molecule has 1 aliphatic carbocycles. The number of nitrogens with one attached hydrogen (secondary N) is 1. The Kier molecular flexibility index (Phi) is 4.86. The molecule has 0 aromatic heterocycles. The molecule has 4 atom stereocenters. The molecule has 20 heavy (non-hydrogen) atoms. The van der Waals surface area contributed by atoms with E-state index < -0.39 is 5.97 Å². The van der Waals surface area contributed by atoms with Crippen LogP contribution in [0.5, 0.6) is 0 Å². The molecule has 0 aromatic rings. The number of carbonyl (C=O) groups excluding carboxylic acids is 1. The highest BCUT2D eigenvalue weighted by Gasteiger charge is 2.33. The SMILES string of the molecule is COC1CN(C(=O)NC2CCC(C(=O)O)C2)CCC1C. The fourth-order valence-corrected chi connectivity index (χ4v) is 3.13. The van der Waals surface area contributed by atoms with Crippen molar-refractivity contribution < 1.29 is 19.4 Å². The van der Waals surface area contributed by atoms with E-state index in [1.54, 1.807) is 12.0 Å². The summed E-state index contributed by atoms with van der Waals surface area (Å²) in [5, 5.41) is 11.9. The second-order valence-corrected chi connectivity index (χ2v) is 5.98. The minimum Gasteiger partial charge on any atom is -0.481 e. The lowest BCUT2D eigenvalue weighted by atomic mass is 9.96. The van der Waals surface area contributed by atoms with Gasteiger partial charge in [-0.2, -0.15) is 0 Å². The zero-order valence-electron chi connectivity index (χ0n) is 12.2. The van der Waals surface area contributed by atoms with Crippen LogP contribution in [-0.4, -0.2) is 54.4 Å². The van der Waals surface area contributed by atoms with E-state index in [0.29, 0.717) is 25.3 Å². The Bertz CT molecular complexity index is 374. The predicted molar refractivity (Wildman–Crippen MR) is 73.4 cm³/mol. The highest BCUT2D eigenvalue weighted by molar-refractivity contribution is 5.75. The summed E-state index contributed by atoms with van der Waals surface area (Å²) in [6.07, 6.45) is 2.97. The maximum absolute atomic E-state index is 12.2. The molecule has 2 N–H and O–H groups in total. The van der Waals surface area contributed by atoms with E-state index in [-0.39, 0.29) is 24.1 Å². The van der Waals surface area contributed by atoms with Gasteiger partial charge in [0.1, 0.15) is 0 Å². The monoisotopic (exact) mass is 284 g/mol. The van der Waals surface area contributed by atoms with Crippen molar-refractivity contribution in [2.75, 3.05) is 20.2 Å². The largest absolute Gasteiger partial charge is 0.481 e. The highest BCUT2D eigenvalue weighted by Crippen LogP contribution is 2.26. The number of rotatable bonds is 3. The topological polar surface area (TPSA) is 78.9 Å². The van der Waals surface area contributed by atoms with Gasteiger partial charge in [0, 0.05) is 26.2 Å². The van der Waals surface area contributed by atoms with Crippen LogP contribution in [0.4, 0.5) is 4.79 Å². The van der Waals surface area contributed by atoms with Crippen molar-refractivity contribution in [2.24, 2.45) is 11.8 Å². The zero-order chi connectivity index (χ0) is 14.7. The predicted octanol–water partition coefficient (Wildman–Crippen LogP) is 1.31. The maximum Gasteiger partial charge on any atom is 0.317 e. The minimum atomic E-state index is -0.756. The van der Waals surface area contributed by atoms with Gasteiger partial charge in [0.05, 0.1) is 12.0 Å². The van der Waals surface area contributed by atoms with Crippen LogP contribution < -0.4 is 5.32 Å². The molecule has 114 valence electrons. The number of ether oxygens (including phenoxy) is 1. The second-order valence-electron chi connectivity index (χ2n) is 5.98. The van der Waals surface area contributed by atoms with Gasteiger partial charge in [-0.05, 0) is 31.6 Å². The standard InChI is InChI=1S/C14H24N2O4/c1-9-5-6-16(8-12(9)20-2)14(19)15-11-4-3-10(7-11)13(17)18/h9-12H,3-8H2,1-2H3,(H,15,19)(H,17,18). The number of nitrogens with zero attached hydrogens (tertiary/aromatic N) is 1. The fraction of sp³-hybridized carbons (Fsp3) is 0.857. The van der Waals surface area contributed by atoms with Crippen LogP contribution in [-0.2, 0) is 9.53 Å². The number of carboxylic acid groups (broad SMARTS) is 1. The van der Waals surface area contributed by atoms with Crippen molar-refractivity contribution in [3.63, 3.8) is 0 Å². The number of likely N-dealkylation sites (tertiary alicyclic amines) is 1. The summed E-state index contributed by atoms with van der Waals surface area (Å²) in [4.78, 5) is 24.9. The van der Waals surface area contributed by atoms with Gasteiger partial charge in [-0.1, -0.05) is 6.92 Å². The van der Waals surface area contributed by atoms with Gasteiger partial charge in [-0.25, -0.2) is 4.79 Å². The van der Waals surface area contributed by atoms with Crippen LogP contribution >= 0.6 is 0 Å². The molecule has 6 heteroatoms. The molecule has 2 fully saturated rings. The third-order valence-corrected chi connectivity index (χ3v) is 4.59. The third kappa shape index (κ3) is 3.42. The van der Waals surface area contributed by atoms with Crippen LogP contribution in [0.3, 0.4) is 0 Å². The molecule has 4 unspecified atom stereocenters. The smallest absolute Gasteiger partial charge is 0.317 e. The van der Waals surface area contributed by atoms with E-state index in [4.69, 9.17) is 9.84 Å². The van der Waals surface area contributed by atoms with E-state index in [1.165, 1.54) is 0 Å². The van der Waals surface area contributed by atoms with E-state index in [1.807, 2.05) is 0 Å². The molecule has 0 bridgehead atoms. The third-order valence-electron chi connectivity index (χ3n) is 4.59. The molecule has 0 radical (unpaired) electrons. The van der Waals surface area contributed by atoms with Crippen LogP contribution in [0, 0.1) is 11.8 Å². The molecule has 0 aromatic carbocycles. The number of methoxy groups -OCH3 is 1. The Morgan fingerprint density at radius 2 is 2.05 bits per heavy atom. The van der Waals surface area contributed by atoms with E-state index in [9.17, 15) is 9.59 Å². The van der Waals surface area contributed by atoms with Gasteiger partial charge in [-0.3, -0.25) is 4.79 Å². The first-order valence-electron chi connectivity index (χ1n) is 7.32. The molecule has 0 spiro atoms. The summed E-state index contributed by atoms with van der Waals surface area (Å²) in [6.45, 7) is 3.48. The number of hydrogen-bond donors (Lipinski definition) is 2. The number of amides is 2. The molecule has 2 rings (SSSR count). The summed E-state index contributed by atoms with van der Waals surface area (Å²) in [5.74, 6) is -0.603. The number of urea groups is 1. The normalized spacial score (nSPS) is 34.0. The van der Waals surface area contributed by atoms with Crippen molar-refractivity contribution in [2.45, 2.75) is 44.8 Å². The van der Waals surface area contributed by atoms with Crippen LogP contribution in [0.25, 0.3) is 0 Å². The Balaban J connectivity index is 1.82. The number of carboxylic acids is 1. The second kappa shape index (κ2) is 6.43. The van der Waals surface area contributed by atoms with Gasteiger partial charge < -0.3 is 20.1 Å². The Morgan fingerprint density at radius 1 is 1.30 bits per heavy atom. The van der Waals surface area contributed by atoms with Gasteiger partial charge in [-0.15, -0.1) is 0 Å². The number of hydrogen-bond acceptors (Lipinski definition) is 3. The average Bonchev–Trinajstić information content (AvgIpc) is 2.88. The summed E-state index contributed by atoms with van der Waals surface area (Å²) >= 11 is 0. The van der Waals surface area contributed by atoms with E-state index in [2.05, 4.69) is 12.2 Å². The Hall–Kier alpha value is -1.30. The molecule has 1 aliphatic heterocycles. The molecular formula is C14H24N2O4. The average molecular weight is 284 g/mol. The van der Waals surface area contributed by atoms with Crippen molar-refractivity contribution in [1.29, 1.82) is 0 Å². The lowest BCUT2D eigenvalue weighted by molar-refractivity contribution is -0.141. The number of aliphatic carboxylic acids is 1. The van der Waals surface area contributed by atoms with Crippen molar-refractivity contribution in [1.82, 2.24) is 10.2 Å². The fourth-order valence-electron chi connectivity index (χ4n) is 3.13. The number of piperidine rings is 1. The van der Waals surface area contributed by atoms with Crippen LogP contribution in [0.1, 0.15) is 32.6 Å². The molecule has 2 amide bonds. The van der Waals surface area contributed by atoms with Gasteiger partial charge >= 0.3 is 12.0 Å². The molecule has 1 saturated heterocycles. The van der Waals surface area contributed by atoms with E-state index >= 15 is 0 Å². The Labute approximate surface area is 119 Å². The maximum atomic E-state index is 12.2. The lowest BCUT2D eigenvalue weighted by Gasteiger charge is -2.36. The minimum absolute atomic E-state index is 0.0102. The molecule has 2 aliphatic rings. The van der Waals surface area contributed by atoms with E-state index in [0.717, 1.165) is 19.4 Å². The summed E-state index contributed by atoms with van der Waals surface area (Å²) in [6, 6.07) is -0.0982. The number of carbonyl (C=O) groups is 2. The van der Waals surface area contributed by atoms with Crippen LogP contribution in [0.2, 0.25) is 0 Å². The first-order valence-corrected chi connectivity index (χ1v) is 7.32. The zero-order valence-corrected chi connectivity index (χ0v) is 12.2. The summed E-state index contributed by atoms with van der Waals surface area (Å²) in [5.41, 5.74) is 0. The highest BCUT2D eigenvalue weighted by atomic mass is 16.5. The van der Waals surface area contributed by atoms with Crippen molar-refractivity contribution >= 4 is 12.0 Å². The Morgan fingerprint density at radius 3 is 2.65 bits per heavy atom. The molecule has 6 nitrogen and oxygen atoms in total. The quantitative estimate of drug-likeness (QED) is 0.819. The molecule has 1 heterocycles. The molecule has 1 saturated carbocycles. The van der Waals surface area contributed by atoms with Gasteiger partial charge in [0.25, 0.3) is 0 Å². The summed E-state index contributed by atoms with van der Waals surface area (Å²) in [7, 11) is 1.68. The lowest BCUT2D eigenvalue weighted by Crippen LogP contribution is -2.52. The first-order chi connectivity index (χ1) is 9.51. The van der Waals surface area contributed by atoms with Crippen LogP contribution in [0.15, 0.2) is 0 Å². The van der Waals surface area contributed by atoms with Gasteiger partial charge in [0.2, 0.25) is 0 Å². The summed E-state index contributed by atoms with van der Waals surface area (Å²) < 4.78 is 5.40. The molecular weight excluding hydrogens is 260 g/mol. The van der Waals surface area contributed by atoms with Crippen molar-refractivity contribution in [3.05, 3.63) is 0 Å². The van der Waals surface area contributed by atoms with Crippen molar-refractivity contribution in [3.8, 4) is 0 Å². The first kappa shape index (κ1) is 15.1.